The maximum absolute atomic E-state index is 12.5. The molecule has 0 saturated heterocycles. The van der Waals surface area contributed by atoms with Crippen molar-refractivity contribution in [3.8, 4) is 0 Å². The van der Waals surface area contributed by atoms with Gasteiger partial charge in [0.15, 0.2) is 5.13 Å². The Kier molecular flexibility index (Phi) is 3.41. The smallest absolute Gasteiger partial charge is 0.277 e. The number of hydrogen-bond donors (Lipinski definition) is 1. The molecule has 0 atom stereocenters. The Hall–Kier alpha value is -2.97. The number of aromatic nitrogens is 4. The van der Waals surface area contributed by atoms with E-state index in [2.05, 4.69) is 25.3 Å². The molecule has 0 aliphatic heterocycles. The van der Waals surface area contributed by atoms with Gasteiger partial charge in [-0.3, -0.25) is 15.1 Å². The second-order valence-electron chi connectivity index (χ2n) is 5.71. The molecule has 0 aliphatic carbocycles. The third-order valence-electron chi connectivity index (χ3n) is 3.92. The van der Waals surface area contributed by atoms with Crippen LogP contribution in [-0.4, -0.2) is 25.8 Å². The molecule has 8 heteroatoms. The van der Waals surface area contributed by atoms with Crippen LogP contribution in [0.2, 0.25) is 0 Å². The van der Waals surface area contributed by atoms with Crippen molar-refractivity contribution in [1.82, 2.24) is 19.9 Å². The molecule has 0 radical (unpaired) electrons. The third-order valence-corrected chi connectivity index (χ3v) is 6.06. The van der Waals surface area contributed by atoms with Crippen LogP contribution in [0.15, 0.2) is 42.6 Å². The molecule has 3 heterocycles. The summed E-state index contributed by atoms with van der Waals surface area (Å²) in [6, 6.07) is 11.3. The highest BCUT2D eigenvalue weighted by Gasteiger charge is 2.15. The number of fused-ring (bicyclic) bond motifs is 4. The SMILES string of the molecule is Cc1nc2ccc3nc(NC(=O)c4cnc5ccccc5n4)sc3c2s1. The largest absolute Gasteiger partial charge is 0.296 e. The minimum atomic E-state index is -0.320. The molecule has 126 valence electrons. The first kappa shape index (κ1) is 15.3. The van der Waals surface area contributed by atoms with E-state index < -0.39 is 0 Å². The van der Waals surface area contributed by atoms with Gasteiger partial charge in [-0.2, -0.15) is 0 Å². The number of nitrogens with zero attached hydrogens (tertiary/aromatic N) is 4. The number of rotatable bonds is 2. The summed E-state index contributed by atoms with van der Waals surface area (Å²) in [5.41, 5.74) is 3.52. The molecule has 0 spiro atoms. The molecule has 5 aromatic rings. The van der Waals surface area contributed by atoms with Gasteiger partial charge in [0.25, 0.3) is 5.91 Å². The maximum Gasteiger partial charge on any atom is 0.277 e. The Bertz CT molecular complexity index is 1310. The topological polar surface area (TPSA) is 80.7 Å². The number of anilines is 1. The Morgan fingerprint density at radius 3 is 2.46 bits per heavy atom. The number of aryl methyl sites for hydroxylation is 1. The van der Waals surface area contributed by atoms with Gasteiger partial charge in [0, 0.05) is 0 Å². The van der Waals surface area contributed by atoms with E-state index in [-0.39, 0.29) is 11.6 Å². The van der Waals surface area contributed by atoms with E-state index in [9.17, 15) is 4.79 Å². The Labute approximate surface area is 155 Å². The zero-order valence-electron chi connectivity index (χ0n) is 13.6. The van der Waals surface area contributed by atoms with Gasteiger partial charge >= 0.3 is 0 Å². The molecule has 1 N–H and O–H groups in total. The van der Waals surface area contributed by atoms with Gasteiger partial charge in [0.1, 0.15) is 5.69 Å². The summed E-state index contributed by atoms with van der Waals surface area (Å²) in [6.07, 6.45) is 1.48. The summed E-state index contributed by atoms with van der Waals surface area (Å²) < 4.78 is 2.14. The Morgan fingerprint density at radius 2 is 1.62 bits per heavy atom. The molecule has 26 heavy (non-hydrogen) atoms. The lowest BCUT2D eigenvalue weighted by Gasteiger charge is -2.02. The zero-order chi connectivity index (χ0) is 17.7. The number of para-hydroxylation sites is 2. The van der Waals surface area contributed by atoms with Crippen LogP contribution in [-0.2, 0) is 0 Å². The molecule has 0 unspecified atom stereocenters. The first-order valence-corrected chi connectivity index (χ1v) is 9.50. The fourth-order valence-corrected chi connectivity index (χ4v) is 4.77. The van der Waals surface area contributed by atoms with E-state index >= 15 is 0 Å². The summed E-state index contributed by atoms with van der Waals surface area (Å²) in [4.78, 5) is 30.2. The number of amides is 1. The molecule has 0 saturated carbocycles. The molecule has 1 amide bonds. The van der Waals surface area contributed by atoms with Crippen LogP contribution in [0.4, 0.5) is 5.13 Å². The molecular weight excluding hydrogens is 366 g/mol. The number of carbonyl (C=O) groups excluding carboxylic acids is 1. The minimum absolute atomic E-state index is 0.265. The lowest BCUT2D eigenvalue weighted by Crippen LogP contribution is -2.13. The molecule has 6 nitrogen and oxygen atoms in total. The number of thiazole rings is 2. The highest BCUT2D eigenvalue weighted by atomic mass is 32.1. The van der Waals surface area contributed by atoms with Gasteiger partial charge in [-0.15, -0.1) is 11.3 Å². The van der Waals surface area contributed by atoms with Crippen molar-refractivity contribution in [2.45, 2.75) is 6.92 Å². The highest BCUT2D eigenvalue weighted by molar-refractivity contribution is 7.28. The Balaban J connectivity index is 1.51. The molecular formula is C18H11N5OS2. The summed E-state index contributed by atoms with van der Waals surface area (Å²) in [6.45, 7) is 1.98. The van der Waals surface area contributed by atoms with Crippen molar-refractivity contribution in [2.24, 2.45) is 0 Å². The molecule has 0 fully saturated rings. The van der Waals surface area contributed by atoms with Crippen molar-refractivity contribution < 1.29 is 4.79 Å². The zero-order valence-corrected chi connectivity index (χ0v) is 15.2. The van der Waals surface area contributed by atoms with Crippen molar-refractivity contribution in [2.75, 3.05) is 5.32 Å². The summed E-state index contributed by atoms with van der Waals surface area (Å²) in [7, 11) is 0. The van der Waals surface area contributed by atoms with Gasteiger partial charge in [-0.1, -0.05) is 23.5 Å². The van der Waals surface area contributed by atoms with E-state index in [0.29, 0.717) is 10.6 Å². The van der Waals surface area contributed by atoms with E-state index in [1.54, 1.807) is 11.3 Å². The van der Waals surface area contributed by atoms with Crippen LogP contribution >= 0.6 is 22.7 Å². The molecule has 0 bridgehead atoms. The fraction of sp³-hybridized carbons (Fsp3) is 0.0556. The maximum atomic E-state index is 12.5. The average Bonchev–Trinajstić information content (AvgIpc) is 3.23. The van der Waals surface area contributed by atoms with E-state index in [1.807, 2.05) is 43.3 Å². The van der Waals surface area contributed by atoms with Gasteiger partial charge in [0.2, 0.25) is 0 Å². The van der Waals surface area contributed by atoms with E-state index in [4.69, 9.17) is 0 Å². The second kappa shape index (κ2) is 5.79. The highest BCUT2D eigenvalue weighted by Crippen LogP contribution is 2.35. The van der Waals surface area contributed by atoms with Gasteiger partial charge < -0.3 is 0 Å². The van der Waals surface area contributed by atoms with Crippen LogP contribution in [0.3, 0.4) is 0 Å². The number of nitrogens with one attached hydrogen (secondary N) is 1. The van der Waals surface area contributed by atoms with E-state index in [1.165, 1.54) is 17.5 Å². The van der Waals surface area contributed by atoms with E-state index in [0.717, 1.165) is 31.0 Å². The summed E-state index contributed by atoms with van der Waals surface area (Å²) >= 11 is 3.08. The van der Waals surface area contributed by atoms with Gasteiger partial charge in [-0.05, 0) is 31.2 Å². The van der Waals surface area contributed by atoms with Crippen LogP contribution in [0, 0.1) is 6.92 Å². The van der Waals surface area contributed by atoms with Crippen molar-refractivity contribution in [3.63, 3.8) is 0 Å². The summed E-state index contributed by atoms with van der Waals surface area (Å²) in [5, 5.41) is 4.39. The van der Waals surface area contributed by atoms with Crippen LogP contribution in [0.25, 0.3) is 31.5 Å². The molecule has 5 rings (SSSR count). The quantitative estimate of drug-likeness (QED) is 0.493. The monoisotopic (exact) mass is 377 g/mol. The van der Waals surface area contributed by atoms with Crippen LogP contribution in [0.5, 0.6) is 0 Å². The molecule has 2 aromatic carbocycles. The van der Waals surface area contributed by atoms with Gasteiger partial charge in [0.05, 0.1) is 42.7 Å². The Morgan fingerprint density at radius 1 is 0.885 bits per heavy atom. The van der Waals surface area contributed by atoms with Crippen LogP contribution < -0.4 is 5.32 Å². The molecule has 0 aliphatic rings. The standard InChI is InChI=1S/C18H11N5OS2/c1-9-20-12-6-7-13-16(15(12)25-9)26-18(22-13)23-17(24)14-8-19-10-4-2-3-5-11(10)21-14/h2-8H,1H3,(H,22,23,24). The predicted molar refractivity (Wildman–Crippen MR) is 105 cm³/mol. The first-order chi connectivity index (χ1) is 12.7. The number of benzene rings is 2. The number of carbonyl (C=O) groups is 1. The fourth-order valence-electron chi connectivity index (χ4n) is 2.77. The first-order valence-electron chi connectivity index (χ1n) is 7.87. The van der Waals surface area contributed by atoms with Crippen molar-refractivity contribution >= 4 is 65.2 Å². The molecule has 3 aromatic heterocycles. The van der Waals surface area contributed by atoms with Gasteiger partial charge in [-0.25, -0.2) is 15.0 Å². The van der Waals surface area contributed by atoms with Crippen LogP contribution in [0.1, 0.15) is 15.5 Å². The minimum Gasteiger partial charge on any atom is -0.296 e. The summed E-state index contributed by atoms with van der Waals surface area (Å²) in [5.74, 6) is -0.320. The van der Waals surface area contributed by atoms with Crippen molar-refractivity contribution in [1.29, 1.82) is 0 Å². The lowest BCUT2D eigenvalue weighted by atomic mass is 10.3. The number of hydrogen-bond acceptors (Lipinski definition) is 7. The second-order valence-corrected chi connectivity index (χ2v) is 7.91. The normalized spacial score (nSPS) is 11.4. The lowest BCUT2D eigenvalue weighted by molar-refractivity contribution is 0.102. The average molecular weight is 377 g/mol. The third kappa shape index (κ3) is 2.51. The predicted octanol–water partition coefficient (Wildman–Crippen LogP) is 4.41. The van der Waals surface area contributed by atoms with Crippen molar-refractivity contribution in [3.05, 3.63) is 53.3 Å².